The van der Waals surface area contributed by atoms with Gasteiger partial charge in [-0.05, 0) is 13.0 Å². The van der Waals surface area contributed by atoms with E-state index in [0.717, 1.165) is 43.6 Å². The summed E-state index contributed by atoms with van der Waals surface area (Å²) in [4.78, 5) is 22.1. The second-order valence-corrected chi connectivity index (χ2v) is 5.38. The maximum absolute atomic E-state index is 4.60. The predicted molar refractivity (Wildman–Crippen MR) is 91.9 cm³/mol. The van der Waals surface area contributed by atoms with Crippen LogP contribution in [0.1, 0.15) is 5.69 Å². The van der Waals surface area contributed by atoms with Gasteiger partial charge < -0.3 is 15.1 Å². The molecule has 1 aliphatic rings. The van der Waals surface area contributed by atoms with Crippen molar-refractivity contribution in [1.29, 1.82) is 0 Å². The summed E-state index contributed by atoms with van der Waals surface area (Å²) in [6, 6.07) is 3.86. The highest BCUT2D eigenvalue weighted by Gasteiger charge is 2.20. The molecule has 0 radical (unpaired) electrons. The fourth-order valence-electron chi connectivity index (χ4n) is 2.55. The van der Waals surface area contributed by atoms with Crippen LogP contribution in [0.3, 0.4) is 0 Å². The standard InChI is InChI=1S/C16H21N7/c1-3-5-17-15-20-13(2)12-14(21-15)22-8-10-23(11-9-22)16-18-6-4-7-19-16/h3-4,6-7,12H,1,5,8-11H2,2H3,(H,17,20,21). The first kappa shape index (κ1) is 15.2. The summed E-state index contributed by atoms with van der Waals surface area (Å²) < 4.78 is 0. The highest BCUT2D eigenvalue weighted by atomic mass is 15.3. The SMILES string of the molecule is C=CCNc1nc(C)cc(N2CCN(c3ncccn3)CC2)n1. The van der Waals surface area contributed by atoms with Gasteiger partial charge in [0.05, 0.1) is 0 Å². The molecule has 0 aromatic carbocycles. The van der Waals surface area contributed by atoms with Crippen LogP contribution in [0.2, 0.25) is 0 Å². The van der Waals surface area contributed by atoms with Gasteiger partial charge in [0, 0.05) is 56.9 Å². The van der Waals surface area contributed by atoms with Crippen molar-refractivity contribution in [2.24, 2.45) is 0 Å². The molecule has 1 N–H and O–H groups in total. The molecule has 2 aromatic heterocycles. The van der Waals surface area contributed by atoms with E-state index in [1.807, 2.05) is 19.1 Å². The molecule has 0 bridgehead atoms. The number of hydrogen-bond donors (Lipinski definition) is 1. The lowest BCUT2D eigenvalue weighted by Crippen LogP contribution is -2.47. The number of nitrogens with one attached hydrogen (secondary N) is 1. The molecule has 0 atom stereocenters. The average Bonchev–Trinajstić information content (AvgIpc) is 2.60. The van der Waals surface area contributed by atoms with Gasteiger partial charge in [-0.25, -0.2) is 15.0 Å². The van der Waals surface area contributed by atoms with Crippen LogP contribution in [-0.4, -0.2) is 52.7 Å². The van der Waals surface area contributed by atoms with Crippen molar-refractivity contribution >= 4 is 17.7 Å². The van der Waals surface area contributed by atoms with E-state index in [1.165, 1.54) is 0 Å². The third-order valence-corrected chi connectivity index (χ3v) is 3.68. The Morgan fingerprint density at radius 3 is 2.52 bits per heavy atom. The molecule has 7 nitrogen and oxygen atoms in total. The van der Waals surface area contributed by atoms with Crippen LogP contribution in [0.15, 0.2) is 37.2 Å². The zero-order chi connectivity index (χ0) is 16.1. The summed E-state index contributed by atoms with van der Waals surface area (Å²) in [5, 5.41) is 3.15. The number of aromatic nitrogens is 4. The fraction of sp³-hybridized carbons (Fsp3) is 0.375. The quantitative estimate of drug-likeness (QED) is 0.839. The monoisotopic (exact) mass is 311 g/mol. The van der Waals surface area contributed by atoms with Crippen LogP contribution in [0.5, 0.6) is 0 Å². The maximum atomic E-state index is 4.60. The van der Waals surface area contributed by atoms with Crippen molar-refractivity contribution in [3.05, 3.63) is 42.9 Å². The van der Waals surface area contributed by atoms with Crippen molar-refractivity contribution in [1.82, 2.24) is 19.9 Å². The minimum absolute atomic E-state index is 0.647. The number of aryl methyl sites for hydroxylation is 1. The molecule has 3 rings (SSSR count). The first-order chi connectivity index (χ1) is 11.3. The van der Waals surface area contributed by atoms with Crippen LogP contribution >= 0.6 is 0 Å². The third-order valence-electron chi connectivity index (χ3n) is 3.68. The largest absolute Gasteiger partial charge is 0.353 e. The Morgan fingerprint density at radius 2 is 1.83 bits per heavy atom. The lowest BCUT2D eigenvalue weighted by molar-refractivity contribution is 0.634. The Hall–Kier alpha value is -2.70. The summed E-state index contributed by atoms with van der Waals surface area (Å²) in [7, 11) is 0. The smallest absolute Gasteiger partial charge is 0.225 e. The second kappa shape index (κ2) is 7.04. The lowest BCUT2D eigenvalue weighted by atomic mass is 10.3. The molecule has 23 heavy (non-hydrogen) atoms. The molecule has 1 aliphatic heterocycles. The number of rotatable bonds is 5. The van der Waals surface area contributed by atoms with Gasteiger partial charge >= 0.3 is 0 Å². The molecule has 0 spiro atoms. The molecule has 0 aliphatic carbocycles. The van der Waals surface area contributed by atoms with Gasteiger partial charge in [0.1, 0.15) is 5.82 Å². The lowest BCUT2D eigenvalue weighted by Gasteiger charge is -2.35. The Morgan fingerprint density at radius 1 is 1.13 bits per heavy atom. The third kappa shape index (κ3) is 3.74. The van der Waals surface area contributed by atoms with E-state index in [9.17, 15) is 0 Å². The molecule has 2 aromatic rings. The highest BCUT2D eigenvalue weighted by Crippen LogP contribution is 2.18. The molecule has 0 unspecified atom stereocenters. The number of hydrogen-bond acceptors (Lipinski definition) is 7. The number of piperazine rings is 1. The topological polar surface area (TPSA) is 70.1 Å². The number of anilines is 3. The molecule has 7 heteroatoms. The maximum Gasteiger partial charge on any atom is 0.225 e. The summed E-state index contributed by atoms with van der Waals surface area (Å²) in [6.45, 7) is 9.86. The molecule has 1 saturated heterocycles. The molecule has 120 valence electrons. The summed E-state index contributed by atoms with van der Waals surface area (Å²) >= 11 is 0. The zero-order valence-corrected chi connectivity index (χ0v) is 13.3. The van der Waals surface area contributed by atoms with E-state index in [1.54, 1.807) is 18.5 Å². The predicted octanol–water partition coefficient (Wildman–Crippen LogP) is 1.50. The second-order valence-electron chi connectivity index (χ2n) is 5.38. The van der Waals surface area contributed by atoms with Gasteiger partial charge in [0.25, 0.3) is 0 Å². The van der Waals surface area contributed by atoms with E-state index in [2.05, 4.69) is 41.6 Å². The van der Waals surface area contributed by atoms with Crippen LogP contribution in [-0.2, 0) is 0 Å². The van der Waals surface area contributed by atoms with Crippen LogP contribution < -0.4 is 15.1 Å². The van der Waals surface area contributed by atoms with Crippen molar-refractivity contribution in [3.8, 4) is 0 Å². The first-order valence-electron chi connectivity index (χ1n) is 7.73. The van der Waals surface area contributed by atoms with Gasteiger partial charge in [-0.3, -0.25) is 0 Å². The Bertz CT molecular complexity index is 651. The summed E-state index contributed by atoms with van der Waals surface area (Å²) in [5.41, 5.74) is 0.954. The van der Waals surface area contributed by atoms with Crippen molar-refractivity contribution in [3.63, 3.8) is 0 Å². The van der Waals surface area contributed by atoms with Gasteiger partial charge in [-0.1, -0.05) is 6.08 Å². The Balaban J connectivity index is 1.67. The van der Waals surface area contributed by atoms with Gasteiger partial charge in [0.15, 0.2) is 0 Å². The van der Waals surface area contributed by atoms with E-state index in [4.69, 9.17) is 0 Å². The van der Waals surface area contributed by atoms with Gasteiger partial charge in [0.2, 0.25) is 11.9 Å². The van der Waals surface area contributed by atoms with Crippen molar-refractivity contribution < 1.29 is 0 Å². The summed E-state index contributed by atoms with van der Waals surface area (Å²) in [6.07, 6.45) is 5.35. The minimum Gasteiger partial charge on any atom is -0.353 e. The van der Waals surface area contributed by atoms with E-state index < -0.39 is 0 Å². The normalized spacial score (nSPS) is 14.7. The molecular weight excluding hydrogens is 290 g/mol. The Kier molecular flexibility index (Phi) is 4.65. The van der Waals surface area contributed by atoms with Crippen molar-refractivity contribution in [2.75, 3.05) is 47.8 Å². The van der Waals surface area contributed by atoms with Crippen LogP contribution in [0.4, 0.5) is 17.7 Å². The zero-order valence-electron chi connectivity index (χ0n) is 13.3. The summed E-state index contributed by atoms with van der Waals surface area (Å²) in [5.74, 6) is 2.39. The van der Waals surface area contributed by atoms with E-state index in [-0.39, 0.29) is 0 Å². The van der Waals surface area contributed by atoms with Gasteiger partial charge in [-0.2, -0.15) is 4.98 Å². The molecule has 0 saturated carbocycles. The van der Waals surface area contributed by atoms with Crippen LogP contribution in [0.25, 0.3) is 0 Å². The molecular formula is C16H21N7. The van der Waals surface area contributed by atoms with Crippen molar-refractivity contribution in [2.45, 2.75) is 6.92 Å². The number of nitrogens with zero attached hydrogens (tertiary/aromatic N) is 6. The fourth-order valence-corrected chi connectivity index (χ4v) is 2.55. The minimum atomic E-state index is 0.647. The van der Waals surface area contributed by atoms with E-state index >= 15 is 0 Å². The Labute approximate surface area is 136 Å². The van der Waals surface area contributed by atoms with Crippen LogP contribution in [0, 0.1) is 6.92 Å². The highest BCUT2D eigenvalue weighted by molar-refractivity contribution is 5.47. The molecule has 3 heterocycles. The van der Waals surface area contributed by atoms with Gasteiger partial charge in [-0.15, -0.1) is 6.58 Å². The molecule has 0 amide bonds. The first-order valence-corrected chi connectivity index (χ1v) is 7.73. The molecule has 1 fully saturated rings. The van der Waals surface area contributed by atoms with E-state index in [0.29, 0.717) is 12.5 Å². The average molecular weight is 311 g/mol.